The Morgan fingerprint density at radius 1 is 1.07 bits per heavy atom. The lowest BCUT2D eigenvalue weighted by atomic mass is 10.3. The highest BCUT2D eigenvalue weighted by Gasteiger charge is 1.76. The minimum Gasteiger partial charge on any atom is -0.267 e. The zero-order valence-corrected chi connectivity index (χ0v) is 11.6. The Balaban J connectivity index is -0.0000000603. The topological polar surface area (TPSA) is 12.4 Å². The predicted octanol–water partition coefficient (Wildman–Crippen LogP) is 5.47. The molecular weight excluding hydrogens is 170 g/mol. The normalized spacial score (nSPS) is 7.86. The zero-order chi connectivity index (χ0) is 12.4. The van der Waals surface area contributed by atoms with E-state index in [0.717, 1.165) is 12.1 Å². The van der Waals surface area contributed by atoms with Crippen molar-refractivity contribution in [3.8, 4) is 0 Å². The third kappa shape index (κ3) is 63.6. The largest absolute Gasteiger partial charge is 0.267 e. The highest BCUT2D eigenvalue weighted by molar-refractivity contribution is 5.81. The fourth-order valence-electron chi connectivity index (χ4n) is 0.247. The summed E-state index contributed by atoms with van der Waals surface area (Å²) in [6, 6.07) is 0. The summed E-state index contributed by atoms with van der Waals surface area (Å²) < 4.78 is 0. The van der Waals surface area contributed by atoms with Crippen LogP contribution in [0, 0.1) is 0 Å². The van der Waals surface area contributed by atoms with Crippen LogP contribution in [0.5, 0.6) is 0 Å². The van der Waals surface area contributed by atoms with E-state index in [0.29, 0.717) is 0 Å². The second-order valence-electron chi connectivity index (χ2n) is 2.11. The molecule has 0 saturated carbocycles. The van der Waals surface area contributed by atoms with Crippen LogP contribution in [-0.2, 0) is 0 Å². The molecule has 88 valence electrons. The molecule has 14 heavy (non-hydrogen) atoms. The Bertz CT molecular complexity index is 93.4. The van der Waals surface area contributed by atoms with E-state index in [1.807, 2.05) is 34.6 Å². The summed E-state index contributed by atoms with van der Waals surface area (Å²) in [6.45, 7) is 19.8. The maximum atomic E-state index is 3.92. The van der Waals surface area contributed by atoms with E-state index >= 15 is 0 Å². The lowest BCUT2D eigenvalue weighted by Gasteiger charge is -1.85. The third-order valence-corrected chi connectivity index (χ3v) is 0.823. The van der Waals surface area contributed by atoms with Crippen molar-refractivity contribution in [2.75, 3.05) is 0 Å². The van der Waals surface area contributed by atoms with Gasteiger partial charge < -0.3 is 0 Å². The van der Waals surface area contributed by atoms with Crippen molar-refractivity contribution in [1.29, 1.82) is 0 Å². The van der Waals surface area contributed by atoms with Crippen LogP contribution in [0.2, 0.25) is 0 Å². The minimum atomic E-state index is 1.02. The molecule has 1 heteroatoms. The van der Waals surface area contributed by atoms with Gasteiger partial charge >= 0.3 is 0 Å². The molecule has 0 aromatic heterocycles. The number of hydrogen-bond donors (Lipinski definition) is 0. The number of aliphatic imine (C=N–C) groups is 1. The molecule has 0 unspecified atom stereocenters. The first-order valence-corrected chi connectivity index (χ1v) is 5.86. The fourth-order valence-corrected chi connectivity index (χ4v) is 0.247. The van der Waals surface area contributed by atoms with Gasteiger partial charge in [0.15, 0.2) is 0 Å². The molecule has 0 rings (SSSR count). The maximum absolute atomic E-state index is 3.92. The van der Waals surface area contributed by atoms with Crippen LogP contribution in [-0.4, -0.2) is 5.71 Å². The van der Waals surface area contributed by atoms with Crippen LogP contribution in [0.3, 0.4) is 0 Å². The molecule has 0 aliphatic carbocycles. The molecule has 0 saturated heterocycles. The summed E-state index contributed by atoms with van der Waals surface area (Å²) in [4.78, 5) is 3.92. The van der Waals surface area contributed by atoms with Crippen LogP contribution in [0.1, 0.15) is 68.2 Å². The smallest absolute Gasteiger partial charge is 0.0195 e. The molecule has 0 aromatic carbocycles. The van der Waals surface area contributed by atoms with Gasteiger partial charge in [-0.1, -0.05) is 61.5 Å². The molecule has 0 N–H and O–H groups in total. The Morgan fingerprint density at radius 3 is 1.43 bits per heavy atom. The Hall–Kier alpha value is -0.590. The molecule has 0 aromatic rings. The summed E-state index contributed by atoms with van der Waals surface area (Å²) in [5.41, 5.74) is 1.13. The molecule has 0 radical (unpaired) electrons. The minimum absolute atomic E-state index is 1.02. The van der Waals surface area contributed by atoms with E-state index < -0.39 is 0 Å². The summed E-state index contributed by atoms with van der Waals surface area (Å²) in [5.74, 6) is 0. The van der Waals surface area contributed by atoms with E-state index in [1.54, 1.807) is 6.20 Å². The van der Waals surface area contributed by atoms with E-state index in [1.165, 1.54) is 6.42 Å². The molecule has 0 heterocycles. The third-order valence-electron chi connectivity index (χ3n) is 0.823. The summed E-state index contributed by atoms with van der Waals surface area (Å²) in [7, 11) is 0. The highest BCUT2D eigenvalue weighted by Crippen LogP contribution is 1.82. The lowest BCUT2D eigenvalue weighted by Crippen LogP contribution is -1.82. The van der Waals surface area contributed by atoms with Gasteiger partial charge in [-0.3, -0.25) is 4.99 Å². The fraction of sp³-hybridized carbons (Fsp3) is 0.769. The zero-order valence-electron chi connectivity index (χ0n) is 11.6. The van der Waals surface area contributed by atoms with Gasteiger partial charge in [0.2, 0.25) is 0 Å². The highest BCUT2D eigenvalue weighted by atomic mass is 14.7. The van der Waals surface area contributed by atoms with Gasteiger partial charge in [0, 0.05) is 11.9 Å². The number of rotatable bonds is 2. The van der Waals surface area contributed by atoms with Crippen molar-refractivity contribution in [3.63, 3.8) is 0 Å². The molecule has 0 fully saturated rings. The van der Waals surface area contributed by atoms with Gasteiger partial charge in [-0.05, 0) is 13.3 Å². The summed E-state index contributed by atoms with van der Waals surface area (Å²) >= 11 is 0. The van der Waals surface area contributed by atoms with Gasteiger partial charge in [-0.2, -0.15) is 0 Å². The first-order valence-electron chi connectivity index (χ1n) is 5.86. The van der Waals surface area contributed by atoms with Crippen molar-refractivity contribution < 1.29 is 0 Å². The van der Waals surface area contributed by atoms with Crippen molar-refractivity contribution >= 4 is 5.71 Å². The van der Waals surface area contributed by atoms with E-state index in [2.05, 4.69) is 32.3 Å². The SMILES string of the molecule is C=CN=C(C)CC.CC.CC.CCC. The summed E-state index contributed by atoms with van der Waals surface area (Å²) in [6.07, 6.45) is 3.84. The van der Waals surface area contributed by atoms with Gasteiger partial charge in [-0.25, -0.2) is 0 Å². The predicted molar refractivity (Wildman–Crippen MR) is 72.3 cm³/mol. The Labute approximate surface area is 92.3 Å². The Kier molecular flexibility index (Phi) is 65.5. The van der Waals surface area contributed by atoms with Crippen LogP contribution in [0.4, 0.5) is 0 Å². The average molecular weight is 201 g/mol. The number of nitrogens with zero attached hydrogens (tertiary/aromatic N) is 1. The number of hydrogen-bond acceptors (Lipinski definition) is 1. The van der Waals surface area contributed by atoms with Crippen molar-refractivity contribution in [2.24, 2.45) is 4.99 Å². The first-order chi connectivity index (χ1) is 6.72. The van der Waals surface area contributed by atoms with Crippen LogP contribution >= 0.6 is 0 Å². The van der Waals surface area contributed by atoms with Crippen molar-refractivity contribution in [2.45, 2.75) is 68.2 Å². The van der Waals surface area contributed by atoms with E-state index in [4.69, 9.17) is 0 Å². The molecule has 0 spiro atoms. The molecule has 0 amide bonds. The van der Waals surface area contributed by atoms with Crippen molar-refractivity contribution in [1.82, 2.24) is 0 Å². The second kappa shape index (κ2) is 39.3. The second-order valence-corrected chi connectivity index (χ2v) is 2.11. The average Bonchev–Trinajstić information content (AvgIpc) is 2.25. The lowest BCUT2D eigenvalue weighted by molar-refractivity contribution is 1.09. The van der Waals surface area contributed by atoms with E-state index in [9.17, 15) is 0 Å². The van der Waals surface area contributed by atoms with Gasteiger partial charge in [0.25, 0.3) is 0 Å². The molecular formula is C13H31N. The van der Waals surface area contributed by atoms with E-state index in [-0.39, 0.29) is 0 Å². The first kappa shape index (κ1) is 23.3. The molecule has 0 atom stereocenters. The van der Waals surface area contributed by atoms with Crippen LogP contribution in [0.15, 0.2) is 17.8 Å². The quantitative estimate of drug-likeness (QED) is 0.525. The van der Waals surface area contributed by atoms with Gasteiger partial charge in [0.05, 0.1) is 0 Å². The van der Waals surface area contributed by atoms with Gasteiger partial charge in [-0.15, -0.1) is 0 Å². The molecule has 0 bridgehead atoms. The molecule has 1 nitrogen and oxygen atoms in total. The van der Waals surface area contributed by atoms with Crippen molar-refractivity contribution in [3.05, 3.63) is 12.8 Å². The monoisotopic (exact) mass is 201 g/mol. The molecule has 0 aliphatic heterocycles. The maximum Gasteiger partial charge on any atom is 0.0195 e. The standard InChI is InChI=1S/C6H11N.C3H8.2C2H6/c1-4-6(3)7-5-2;1-3-2;2*1-2/h5H,2,4H2,1,3H3;3H2,1-2H3;2*1-2H3. The summed E-state index contributed by atoms with van der Waals surface area (Å²) in [5, 5.41) is 0. The van der Waals surface area contributed by atoms with Crippen LogP contribution in [0.25, 0.3) is 0 Å². The van der Waals surface area contributed by atoms with Crippen LogP contribution < -0.4 is 0 Å². The van der Waals surface area contributed by atoms with Gasteiger partial charge in [0.1, 0.15) is 0 Å². The Morgan fingerprint density at radius 2 is 1.36 bits per heavy atom. The molecule has 0 aliphatic rings.